The third-order valence-electron chi connectivity index (χ3n) is 3.63. The molecule has 130 valence electrons. The molecule has 7 heteroatoms. The van der Waals surface area contributed by atoms with Gasteiger partial charge >= 0.3 is 12.1 Å². The van der Waals surface area contributed by atoms with Gasteiger partial charge in [-0.1, -0.05) is 12.1 Å². The van der Waals surface area contributed by atoms with Crippen molar-refractivity contribution in [3.63, 3.8) is 0 Å². The third kappa shape index (κ3) is 4.04. The number of carbonyl (C=O) groups is 2. The normalized spacial score (nSPS) is 17.9. The van der Waals surface area contributed by atoms with Crippen LogP contribution in [0.1, 0.15) is 26.5 Å². The maximum Gasteiger partial charge on any atom is 0.407 e. The first-order valence-electron chi connectivity index (χ1n) is 7.63. The van der Waals surface area contributed by atoms with Crippen LogP contribution in [-0.4, -0.2) is 53.4 Å². The smallest absolute Gasteiger partial charge is 0.407 e. The summed E-state index contributed by atoms with van der Waals surface area (Å²) in [7, 11) is 1.52. The highest BCUT2D eigenvalue weighted by Gasteiger charge is 2.33. The molecule has 1 unspecified atom stereocenters. The number of esters is 1. The predicted octanol–water partition coefficient (Wildman–Crippen LogP) is 2.43. The van der Waals surface area contributed by atoms with Gasteiger partial charge in [0.2, 0.25) is 5.88 Å². The first kappa shape index (κ1) is 17.8. The molecule has 1 N–H and O–H groups in total. The van der Waals surface area contributed by atoms with E-state index in [1.165, 1.54) is 12.0 Å². The van der Waals surface area contributed by atoms with E-state index in [9.17, 15) is 14.7 Å². The van der Waals surface area contributed by atoms with Crippen LogP contribution in [0.2, 0.25) is 0 Å². The fourth-order valence-corrected chi connectivity index (χ4v) is 2.23. The van der Waals surface area contributed by atoms with E-state index >= 15 is 0 Å². The highest BCUT2D eigenvalue weighted by atomic mass is 16.5. The number of nitrogens with zero attached hydrogens (tertiary/aromatic N) is 2. The van der Waals surface area contributed by atoms with E-state index in [0.29, 0.717) is 17.1 Å². The number of hydrogen-bond acceptors (Lipinski definition) is 5. The van der Waals surface area contributed by atoms with Crippen LogP contribution in [-0.2, 0) is 9.53 Å². The molecule has 24 heavy (non-hydrogen) atoms. The average molecular weight is 334 g/mol. The number of rotatable bonds is 3. The van der Waals surface area contributed by atoms with Gasteiger partial charge in [0.1, 0.15) is 6.10 Å². The van der Waals surface area contributed by atoms with Crippen LogP contribution in [0, 0.1) is 5.41 Å². The largest absolute Gasteiger partial charge is 0.481 e. The van der Waals surface area contributed by atoms with Crippen molar-refractivity contribution in [3.05, 3.63) is 30.0 Å². The van der Waals surface area contributed by atoms with Gasteiger partial charge in [0.15, 0.2) is 0 Å². The number of hydrogen-bond donors (Lipinski definition) is 1. The van der Waals surface area contributed by atoms with E-state index in [0.717, 1.165) is 0 Å². The monoisotopic (exact) mass is 334 g/mol. The molecule has 2 rings (SSSR count). The zero-order valence-corrected chi connectivity index (χ0v) is 14.3. The average Bonchev–Trinajstić information content (AvgIpc) is 2.53. The second kappa shape index (κ2) is 6.90. The van der Waals surface area contributed by atoms with Gasteiger partial charge in [0.25, 0.3) is 0 Å². The molecule has 0 saturated carbocycles. The summed E-state index contributed by atoms with van der Waals surface area (Å²) in [5.74, 6) is 0.0449. The summed E-state index contributed by atoms with van der Waals surface area (Å²) >= 11 is 0. The van der Waals surface area contributed by atoms with Crippen LogP contribution in [0.3, 0.4) is 0 Å². The molecule has 0 fully saturated rings. The molecule has 1 amide bonds. The molecule has 0 aromatic carbocycles. The van der Waals surface area contributed by atoms with Crippen LogP contribution in [0.15, 0.2) is 24.3 Å². The highest BCUT2D eigenvalue weighted by molar-refractivity contribution is 5.79. The minimum absolute atomic E-state index is 0.0713. The number of pyridine rings is 1. The van der Waals surface area contributed by atoms with Crippen molar-refractivity contribution >= 4 is 17.6 Å². The molecular weight excluding hydrogens is 312 g/mol. The van der Waals surface area contributed by atoms with Crippen molar-refractivity contribution in [1.29, 1.82) is 0 Å². The maximum absolute atomic E-state index is 12.2. The van der Waals surface area contributed by atoms with Crippen LogP contribution in [0.5, 0.6) is 5.88 Å². The summed E-state index contributed by atoms with van der Waals surface area (Å²) in [6, 6.07) is 5.28. The summed E-state index contributed by atoms with van der Waals surface area (Å²) in [5, 5.41) is 9.21. The Balaban J connectivity index is 2.33. The summed E-state index contributed by atoms with van der Waals surface area (Å²) < 4.78 is 10.7. The fraction of sp³-hybridized carbons (Fsp3) is 0.471. The van der Waals surface area contributed by atoms with E-state index in [4.69, 9.17) is 9.47 Å². The van der Waals surface area contributed by atoms with Gasteiger partial charge in [-0.05, 0) is 26.8 Å². The standard InChI is InChI=1S/C17H22N2O5/c1-17(2,3)15(20)24-13-10-19(16(21)22)9-8-11(13)12-6-5-7-14(18-12)23-4/h5-8,13H,9-10H2,1-4H3,(H,21,22). The van der Waals surface area contributed by atoms with Gasteiger partial charge in [-0.3, -0.25) is 4.79 Å². The van der Waals surface area contributed by atoms with E-state index in [1.807, 2.05) is 0 Å². The quantitative estimate of drug-likeness (QED) is 0.854. The Morgan fingerprint density at radius 1 is 1.33 bits per heavy atom. The summed E-state index contributed by atoms with van der Waals surface area (Å²) in [5.41, 5.74) is 0.605. The zero-order chi connectivity index (χ0) is 17.9. The zero-order valence-electron chi connectivity index (χ0n) is 14.3. The second-order valence-electron chi connectivity index (χ2n) is 6.56. The molecule has 0 spiro atoms. The van der Waals surface area contributed by atoms with Gasteiger partial charge in [-0.2, -0.15) is 0 Å². The summed E-state index contributed by atoms with van der Waals surface area (Å²) in [6.07, 6.45) is -0.0399. The van der Waals surface area contributed by atoms with E-state index < -0.39 is 23.6 Å². The Morgan fingerprint density at radius 3 is 2.62 bits per heavy atom. The van der Waals surface area contributed by atoms with Gasteiger partial charge in [0.05, 0.1) is 24.8 Å². The lowest BCUT2D eigenvalue weighted by Gasteiger charge is -2.32. The van der Waals surface area contributed by atoms with Crippen molar-refractivity contribution in [2.75, 3.05) is 20.2 Å². The molecule has 0 radical (unpaired) electrons. The van der Waals surface area contributed by atoms with Gasteiger partial charge in [-0.25, -0.2) is 9.78 Å². The van der Waals surface area contributed by atoms with Crippen molar-refractivity contribution in [1.82, 2.24) is 9.88 Å². The number of amides is 1. The first-order valence-corrected chi connectivity index (χ1v) is 7.63. The maximum atomic E-state index is 12.2. The highest BCUT2D eigenvalue weighted by Crippen LogP contribution is 2.28. The lowest BCUT2D eigenvalue weighted by Crippen LogP contribution is -2.43. The Morgan fingerprint density at radius 2 is 2.04 bits per heavy atom. The molecule has 0 aliphatic carbocycles. The van der Waals surface area contributed by atoms with E-state index in [-0.39, 0.29) is 13.1 Å². The molecule has 1 aliphatic heterocycles. The molecule has 2 heterocycles. The predicted molar refractivity (Wildman–Crippen MR) is 87.7 cm³/mol. The van der Waals surface area contributed by atoms with E-state index in [2.05, 4.69) is 4.98 Å². The van der Waals surface area contributed by atoms with Crippen molar-refractivity contribution < 1.29 is 24.2 Å². The lowest BCUT2D eigenvalue weighted by molar-refractivity contribution is -0.156. The van der Waals surface area contributed by atoms with Crippen molar-refractivity contribution in [2.45, 2.75) is 26.9 Å². The number of carboxylic acid groups (broad SMARTS) is 1. The first-order chi connectivity index (χ1) is 11.2. The number of aromatic nitrogens is 1. The van der Waals surface area contributed by atoms with Gasteiger partial charge in [-0.15, -0.1) is 0 Å². The number of methoxy groups -OCH3 is 1. The van der Waals surface area contributed by atoms with Gasteiger partial charge in [0, 0.05) is 18.2 Å². The third-order valence-corrected chi connectivity index (χ3v) is 3.63. The molecule has 0 saturated heterocycles. The molecule has 1 aromatic rings. The molecule has 1 aromatic heterocycles. The topological polar surface area (TPSA) is 89.0 Å². The summed E-state index contributed by atoms with van der Waals surface area (Å²) in [4.78, 5) is 29.1. The van der Waals surface area contributed by atoms with Crippen LogP contribution >= 0.6 is 0 Å². The molecular formula is C17H22N2O5. The molecule has 1 aliphatic rings. The number of carbonyl (C=O) groups excluding carboxylic acids is 1. The van der Waals surface area contributed by atoms with Gasteiger partial charge < -0.3 is 19.5 Å². The van der Waals surface area contributed by atoms with Crippen LogP contribution in [0.25, 0.3) is 5.57 Å². The molecule has 0 bridgehead atoms. The molecule has 1 atom stereocenters. The fourth-order valence-electron chi connectivity index (χ4n) is 2.23. The lowest BCUT2D eigenvalue weighted by atomic mass is 9.96. The Labute approximate surface area is 140 Å². The minimum atomic E-state index is -1.05. The van der Waals surface area contributed by atoms with E-state index in [1.54, 1.807) is 45.0 Å². The second-order valence-corrected chi connectivity index (χ2v) is 6.56. The van der Waals surface area contributed by atoms with Crippen molar-refractivity contribution in [3.8, 4) is 5.88 Å². The Hall–Kier alpha value is -2.57. The Kier molecular flexibility index (Phi) is 5.11. The van der Waals surface area contributed by atoms with Crippen LogP contribution < -0.4 is 4.74 Å². The number of ether oxygens (including phenoxy) is 2. The minimum Gasteiger partial charge on any atom is -0.481 e. The molecule has 7 nitrogen and oxygen atoms in total. The SMILES string of the molecule is COc1cccc(C2=CCN(C(=O)O)CC2OC(=O)C(C)(C)C)n1. The summed E-state index contributed by atoms with van der Waals surface area (Å²) in [6.45, 7) is 5.54. The van der Waals surface area contributed by atoms with Crippen LogP contribution in [0.4, 0.5) is 4.79 Å². The van der Waals surface area contributed by atoms with Crippen molar-refractivity contribution in [2.24, 2.45) is 5.41 Å². The Bertz CT molecular complexity index is 663.